The quantitative estimate of drug-likeness (QED) is 0.163. The van der Waals surface area contributed by atoms with Gasteiger partial charge in [0.2, 0.25) is 0 Å². The van der Waals surface area contributed by atoms with Crippen molar-refractivity contribution < 1.29 is 4.79 Å². The molecule has 0 bridgehead atoms. The number of carbonyl (C=O) groups is 1. The largest absolute Gasteiger partial charge is 0.290 e. The highest BCUT2D eigenvalue weighted by molar-refractivity contribution is 7.15. The molecule has 6 rings (SSSR count). The molecule has 0 amide bonds. The summed E-state index contributed by atoms with van der Waals surface area (Å²) in [6, 6.07) is 44.9. The minimum Gasteiger partial charge on any atom is -0.290 e. The van der Waals surface area contributed by atoms with Crippen LogP contribution in [0.1, 0.15) is 19.3 Å². The zero-order valence-electron chi connectivity index (χ0n) is 23.6. The van der Waals surface area contributed by atoms with E-state index < -0.39 is 16.1 Å². The second-order valence-electron chi connectivity index (χ2n) is 11.2. The van der Waals surface area contributed by atoms with Crippen LogP contribution in [-0.2, 0) is 4.79 Å². The second-order valence-corrected chi connectivity index (χ2v) is 18.9. The lowest BCUT2D eigenvalue weighted by atomic mass is 10.2. The third kappa shape index (κ3) is 4.32. The molecule has 0 radical (unpaired) electrons. The van der Waals surface area contributed by atoms with Gasteiger partial charge in [0, 0.05) is 10.4 Å². The number of hydrogen-bond donors (Lipinski definition) is 0. The molecule has 0 aliphatic heterocycles. The predicted molar refractivity (Wildman–Crippen MR) is 179 cm³/mol. The van der Waals surface area contributed by atoms with Gasteiger partial charge in [-0.15, -0.1) is 13.2 Å². The van der Waals surface area contributed by atoms with Crippen LogP contribution in [0.15, 0.2) is 168 Å². The Morgan fingerprint density at radius 2 is 0.805 bits per heavy atom. The molecule has 2 aliphatic rings. The number of carbonyl (C=O) groups excluding carboxylic acids is 1. The van der Waals surface area contributed by atoms with Crippen LogP contribution < -0.4 is 20.7 Å². The summed E-state index contributed by atoms with van der Waals surface area (Å²) in [5.74, 6) is 0.289. The predicted octanol–water partition coefficient (Wildman–Crippen LogP) is 6.32. The van der Waals surface area contributed by atoms with Gasteiger partial charge in [-0.25, -0.2) is 0 Å². The zero-order chi connectivity index (χ0) is 28.3. The van der Waals surface area contributed by atoms with Gasteiger partial charge < -0.3 is 0 Å². The number of fused-ring (bicyclic) bond motifs is 1. The van der Waals surface area contributed by atoms with Gasteiger partial charge in [0.15, 0.2) is 21.9 Å². The number of ketones is 1. The van der Waals surface area contributed by atoms with E-state index in [1.54, 1.807) is 0 Å². The van der Waals surface area contributed by atoms with Crippen molar-refractivity contribution in [2.75, 3.05) is 0 Å². The lowest BCUT2D eigenvalue weighted by Gasteiger charge is -2.37. The summed E-state index contributed by atoms with van der Waals surface area (Å²) >= 11 is 0. The van der Waals surface area contributed by atoms with Gasteiger partial charge in [-0.1, -0.05) is 133 Å². The number of hydrogen-bond acceptors (Lipinski definition) is 1. The van der Waals surface area contributed by atoms with Gasteiger partial charge in [-0.2, -0.15) is 0 Å². The lowest BCUT2D eigenvalue weighted by molar-refractivity contribution is -0.111. The van der Waals surface area contributed by atoms with Crippen LogP contribution in [0, 0.1) is 0 Å². The van der Waals surface area contributed by atoms with Crippen LogP contribution in [0.2, 0.25) is 12.1 Å². The topological polar surface area (TPSA) is 17.1 Å². The van der Waals surface area contributed by atoms with Crippen molar-refractivity contribution in [1.82, 2.24) is 0 Å². The Labute approximate surface area is 246 Å². The van der Waals surface area contributed by atoms with E-state index in [0.29, 0.717) is 0 Å². The molecule has 202 valence electrons. The average molecular weight is 565 g/mol. The maximum Gasteiger partial charge on any atom is 0.179 e. The summed E-state index contributed by atoms with van der Waals surface area (Å²) in [5.41, 5.74) is 2.66. The van der Waals surface area contributed by atoms with Crippen LogP contribution in [-0.4, -0.2) is 21.9 Å². The summed E-state index contributed by atoms with van der Waals surface area (Å²) in [5, 5.41) is 7.33. The first kappa shape index (κ1) is 27.1. The van der Waals surface area contributed by atoms with E-state index in [0.717, 1.165) is 41.7 Å². The average Bonchev–Trinajstić information content (AvgIpc) is 3.61. The molecule has 0 saturated heterocycles. The van der Waals surface area contributed by atoms with E-state index in [2.05, 4.69) is 147 Å². The molecule has 1 fully saturated rings. The minimum absolute atomic E-state index is 0.289. The molecule has 4 aromatic carbocycles. The van der Waals surface area contributed by atoms with E-state index in [1.165, 1.54) is 31.9 Å². The molecule has 1 nitrogen and oxygen atoms in total. The second kappa shape index (κ2) is 11.4. The van der Waals surface area contributed by atoms with Crippen molar-refractivity contribution in [2.24, 2.45) is 0 Å². The maximum absolute atomic E-state index is 15.5. The van der Waals surface area contributed by atoms with E-state index in [9.17, 15) is 0 Å². The molecule has 0 N–H and O–H groups in total. The van der Waals surface area contributed by atoms with Gasteiger partial charge in [-0.05, 0) is 63.2 Å². The third-order valence-corrected chi connectivity index (χ3v) is 18.9. The molecule has 0 heterocycles. The van der Waals surface area contributed by atoms with E-state index in [-0.39, 0.29) is 5.78 Å². The smallest absolute Gasteiger partial charge is 0.179 e. The Bertz CT molecular complexity index is 1430. The minimum atomic E-state index is -2.74. The molecule has 0 aromatic heterocycles. The number of rotatable bonds is 10. The fourth-order valence-electron chi connectivity index (χ4n) is 7.51. The molecule has 1 saturated carbocycles. The lowest BCUT2D eigenvalue weighted by Crippen LogP contribution is -2.64. The Balaban J connectivity index is 1.67. The number of allylic oxidation sites excluding steroid dienone is 6. The van der Waals surface area contributed by atoms with Crippen molar-refractivity contribution in [3.63, 3.8) is 0 Å². The summed E-state index contributed by atoms with van der Waals surface area (Å²) in [6.07, 6.45) is 7.14. The Hall–Kier alpha value is -4.06. The zero-order valence-corrected chi connectivity index (χ0v) is 25.6. The highest BCUT2D eigenvalue weighted by Crippen LogP contribution is 2.48. The maximum atomic E-state index is 15.5. The molecule has 0 spiro atoms. The van der Waals surface area contributed by atoms with Crippen LogP contribution in [0.5, 0.6) is 0 Å². The standard InChI is InChI=1S/C38H36OSi2/c1-3-28-40(30-18-9-5-10-19-30,31-20-11-6-12-21-31)37-34-26-17-27-35(34)38(36(37)39)41(29-4-2,32-22-13-7-14-23-32)33-24-15-8-16-25-33/h3-16,18-25H,1-2,17,26-29H2. The number of Topliss-reactive ketones (excluding diaryl/α,β-unsaturated/α-hetero) is 1. The normalized spacial score (nSPS) is 15.3. The van der Waals surface area contributed by atoms with Crippen molar-refractivity contribution in [1.29, 1.82) is 0 Å². The van der Waals surface area contributed by atoms with Crippen LogP contribution in [0.4, 0.5) is 0 Å². The molecular formula is C38H36OSi2. The fraction of sp³-hybridized carbons (Fsp3) is 0.132. The monoisotopic (exact) mass is 564 g/mol. The molecule has 41 heavy (non-hydrogen) atoms. The van der Waals surface area contributed by atoms with Gasteiger partial charge in [0.05, 0.1) is 0 Å². The molecule has 0 atom stereocenters. The third-order valence-electron chi connectivity index (χ3n) is 9.10. The Kier molecular flexibility index (Phi) is 7.57. The summed E-state index contributed by atoms with van der Waals surface area (Å²) in [6.45, 7) is 8.51. The van der Waals surface area contributed by atoms with Crippen molar-refractivity contribution in [3.8, 4) is 0 Å². The summed E-state index contributed by atoms with van der Waals surface area (Å²) in [4.78, 5) is 15.5. The first-order valence-corrected chi connectivity index (χ1v) is 19.1. The first-order valence-electron chi connectivity index (χ1n) is 14.6. The van der Waals surface area contributed by atoms with Crippen molar-refractivity contribution in [2.45, 2.75) is 31.4 Å². The highest BCUT2D eigenvalue weighted by Gasteiger charge is 2.55. The van der Waals surface area contributed by atoms with Crippen molar-refractivity contribution >= 4 is 42.7 Å². The highest BCUT2D eigenvalue weighted by atomic mass is 28.3. The molecule has 4 aromatic rings. The molecule has 0 unspecified atom stereocenters. The summed E-state index contributed by atoms with van der Waals surface area (Å²) < 4.78 is 0. The fourth-order valence-corrected chi connectivity index (χ4v) is 17.3. The first-order chi connectivity index (χ1) is 20.2. The van der Waals surface area contributed by atoms with Gasteiger partial charge in [-0.3, -0.25) is 4.79 Å². The van der Waals surface area contributed by atoms with E-state index >= 15 is 4.79 Å². The molecule has 3 heteroatoms. The van der Waals surface area contributed by atoms with Crippen LogP contribution >= 0.6 is 0 Å². The molecular weight excluding hydrogens is 529 g/mol. The summed E-state index contributed by atoms with van der Waals surface area (Å²) in [7, 11) is -5.48. The Morgan fingerprint density at radius 1 is 0.512 bits per heavy atom. The Morgan fingerprint density at radius 3 is 1.07 bits per heavy atom. The van der Waals surface area contributed by atoms with Crippen molar-refractivity contribution in [3.05, 3.63) is 168 Å². The van der Waals surface area contributed by atoms with E-state index in [4.69, 9.17) is 0 Å². The molecule has 2 aliphatic carbocycles. The van der Waals surface area contributed by atoms with Crippen LogP contribution in [0.3, 0.4) is 0 Å². The van der Waals surface area contributed by atoms with Gasteiger partial charge in [0.1, 0.15) is 0 Å². The van der Waals surface area contributed by atoms with E-state index in [1.807, 2.05) is 0 Å². The van der Waals surface area contributed by atoms with Gasteiger partial charge >= 0.3 is 0 Å². The SMILES string of the molecule is C=CC[Si](C1=C2CCCC2=C([Si](CC=C)(c2ccccc2)c2ccccc2)C1=O)(c1ccccc1)c1ccccc1. The van der Waals surface area contributed by atoms with Gasteiger partial charge in [0.25, 0.3) is 0 Å². The van der Waals surface area contributed by atoms with Crippen LogP contribution in [0.25, 0.3) is 0 Å². The number of benzene rings is 4.